The number of hydrogen-bond acceptors (Lipinski definition) is 3. The Morgan fingerprint density at radius 2 is 1.81 bits per heavy atom. The molecule has 0 amide bonds. The standard InChI is InChI=1S/C22H26O4/c23-20(21(24)17-12-18-22(25)26)16-11-6-4-2-1-3-5-8-13-19-14-9-7-10-15-19/h1-2,4,6-7,9-11,14-16,20-21,23-24H,8,12-13,17-18H2,(H,25,26)/b2-1+,6-4+,16-11+. The predicted octanol–water partition coefficient (Wildman–Crippen LogP) is 3.27. The second-order valence-corrected chi connectivity index (χ2v) is 5.78. The highest BCUT2D eigenvalue weighted by molar-refractivity contribution is 5.66. The zero-order valence-electron chi connectivity index (χ0n) is 14.8. The lowest BCUT2D eigenvalue weighted by Crippen LogP contribution is -2.23. The van der Waals surface area contributed by atoms with Crippen LogP contribution in [0.5, 0.6) is 0 Å². The molecule has 26 heavy (non-hydrogen) atoms. The number of hydrogen-bond donors (Lipinski definition) is 3. The summed E-state index contributed by atoms with van der Waals surface area (Å²) in [7, 11) is 0. The van der Waals surface area contributed by atoms with Crippen molar-refractivity contribution in [1.29, 1.82) is 0 Å². The molecular weight excluding hydrogens is 328 g/mol. The van der Waals surface area contributed by atoms with Crippen LogP contribution < -0.4 is 0 Å². The van der Waals surface area contributed by atoms with E-state index in [-0.39, 0.29) is 12.8 Å². The molecule has 0 aliphatic heterocycles. The van der Waals surface area contributed by atoms with Crippen LogP contribution in [0.4, 0.5) is 0 Å². The van der Waals surface area contributed by atoms with E-state index in [1.807, 2.05) is 18.2 Å². The molecule has 4 nitrogen and oxygen atoms in total. The van der Waals surface area contributed by atoms with Gasteiger partial charge in [-0.05, 0) is 30.9 Å². The first kappa shape index (κ1) is 21.4. The third-order valence-corrected chi connectivity index (χ3v) is 3.59. The molecule has 0 fully saturated rings. The molecule has 1 aromatic rings. The van der Waals surface area contributed by atoms with E-state index in [1.54, 1.807) is 30.4 Å². The van der Waals surface area contributed by atoms with Crippen molar-refractivity contribution in [3.05, 3.63) is 72.4 Å². The SMILES string of the molecule is O=C(O)CCCC(O)C(O)/C=C/C=C/C=C/C#CCCc1ccccc1. The van der Waals surface area contributed by atoms with Gasteiger partial charge in [0.2, 0.25) is 0 Å². The van der Waals surface area contributed by atoms with Gasteiger partial charge in [-0.3, -0.25) is 4.79 Å². The Hall–Kier alpha value is -2.61. The quantitative estimate of drug-likeness (QED) is 0.445. The second-order valence-electron chi connectivity index (χ2n) is 5.78. The molecule has 4 heteroatoms. The van der Waals surface area contributed by atoms with Crippen LogP contribution >= 0.6 is 0 Å². The number of aliphatic carboxylic acids is 1. The van der Waals surface area contributed by atoms with Gasteiger partial charge in [-0.15, -0.1) is 0 Å². The van der Waals surface area contributed by atoms with Crippen molar-refractivity contribution in [3.63, 3.8) is 0 Å². The fourth-order valence-corrected chi connectivity index (χ4v) is 2.15. The van der Waals surface area contributed by atoms with Gasteiger partial charge in [0.05, 0.1) is 12.2 Å². The van der Waals surface area contributed by atoms with Gasteiger partial charge in [0, 0.05) is 12.8 Å². The van der Waals surface area contributed by atoms with Crippen LogP contribution in [0.3, 0.4) is 0 Å². The van der Waals surface area contributed by atoms with E-state index in [2.05, 4.69) is 24.0 Å². The first-order valence-corrected chi connectivity index (χ1v) is 8.70. The number of carboxylic acids is 1. The topological polar surface area (TPSA) is 77.8 Å². The summed E-state index contributed by atoms with van der Waals surface area (Å²) < 4.78 is 0. The fourth-order valence-electron chi connectivity index (χ4n) is 2.15. The Morgan fingerprint density at radius 3 is 2.54 bits per heavy atom. The number of allylic oxidation sites excluding steroid dienone is 5. The molecule has 2 atom stereocenters. The van der Waals surface area contributed by atoms with Crippen molar-refractivity contribution in [3.8, 4) is 11.8 Å². The molecule has 0 saturated carbocycles. The van der Waals surface area contributed by atoms with E-state index in [9.17, 15) is 15.0 Å². The lowest BCUT2D eigenvalue weighted by atomic mass is 10.1. The Morgan fingerprint density at radius 1 is 1.08 bits per heavy atom. The molecular formula is C22H26O4. The van der Waals surface area contributed by atoms with Crippen LogP contribution in [0.15, 0.2) is 66.8 Å². The van der Waals surface area contributed by atoms with Gasteiger partial charge in [0.1, 0.15) is 0 Å². The maximum Gasteiger partial charge on any atom is 0.303 e. The zero-order chi connectivity index (χ0) is 19.0. The van der Waals surface area contributed by atoms with E-state index in [4.69, 9.17) is 5.11 Å². The van der Waals surface area contributed by atoms with Gasteiger partial charge in [-0.25, -0.2) is 0 Å². The molecule has 1 rings (SSSR count). The number of carboxylic acid groups (broad SMARTS) is 1. The minimum Gasteiger partial charge on any atom is -0.481 e. The Kier molecular flexibility index (Phi) is 11.3. The van der Waals surface area contributed by atoms with Gasteiger partial charge in [-0.1, -0.05) is 72.6 Å². The van der Waals surface area contributed by atoms with E-state index >= 15 is 0 Å². The number of benzene rings is 1. The maximum atomic E-state index is 10.4. The van der Waals surface area contributed by atoms with Crippen molar-refractivity contribution in [1.82, 2.24) is 0 Å². The molecule has 0 aromatic heterocycles. The molecule has 0 spiro atoms. The first-order chi connectivity index (χ1) is 12.6. The van der Waals surface area contributed by atoms with Crippen LogP contribution in [0.1, 0.15) is 31.2 Å². The summed E-state index contributed by atoms with van der Waals surface area (Å²) in [5.41, 5.74) is 1.28. The average Bonchev–Trinajstić information content (AvgIpc) is 2.63. The minimum atomic E-state index is -1.00. The monoisotopic (exact) mass is 354 g/mol. The summed E-state index contributed by atoms with van der Waals surface area (Å²) in [6.07, 6.45) is 10.5. The number of rotatable bonds is 10. The highest BCUT2D eigenvalue weighted by Gasteiger charge is 2.12. The van der Waals surface area contributed by atoms with Crippen LogP contribution in [-0.2, 0) is 11.2 Å². The molecule has 0 bridgehead atoms. The van der Waals surface area contributed by atoms with Gasteiger partial charge in [-0.2, -0.15) is 0 Å². The van der Waals surface area contributed by atoms with Crippen molar-refractivity contribution < 1.29 is 20.1 Å². The summed E-state index contributed by atoms with van der Waals surface area (Å²) in [6, 6.07) is 10.2. The van der Waals surface area contributed by atoms with E-state index in [1.165, 1.54) is 11.6 Å². The van der Waals surface area contributed by atoms with Crippen molar-refractivity contribution in [2.75, 3.05) is 0 Å². The van der Waals surface area contributed by atoms with E-state index < -0.39 is 18.2 Å². The zero-order valence-corrected chi connectivity index (χ0v) is 14.8. The number of aliphatic hydroxyl groups excluding tert-OH is 2. The molecule has 0 aliphatic carbocycles. The molecule has 0 radical (unpaired) electrons. The van der Waals surface area contributed by atoms with Gasteiger partial charge in [0.15, 0.2) is 0 Å². The van der Waals surface area contributed by atoms with Crippen molar-refractivity contribution >= 4 is 5.97 Å². The second kappa shape index (κ2) is 13.7. The summed E-state index contributed by atoms with van der Waals surface area (Å²) in [4.78, 5) is 10.4. The van der Waals surface area contributed by atoms with Gasteiger partial charge >= 0.3 is 5.97 Å². The molecule has 2 unspecified atom stereocenters. The summed E-state index contributed by atoms with van der Waals surface area (Å²) in [5.74, 6) is 5.14. The third-order valence-electron chi connectivity index (χ3n) is 3.59. The Labute approximate surface area is 155 Å². The van der Waals surface area contributed by atoms with Gasteiger partial charge in [0.25, 0.3) is 0 Å². The molecule has 138 valence electrons. The van der Waals surface area contributed by atoms with Crippen molar-refractivity contribution in [2.45, 2.75) is 44.3 Å². The van der Waals surface area contributed by atoms with E-state index in [0.717, 1.165) is 12.8 Å². The van der Waals surface area contributed by atoms with Crippen LogP contribution in [0, 0.1) is 11.8 Å². The molecule has 0 saturated heterocycles. The number of carbonyl (C=O) groups is 1. The Balaban J connectivity index is 2.20. The highest BCUT2D eigenvalue weighted by atomic mass is 16.4. The third kappa shape index (κ3) is 11.0. The first-order valence-electron chi connectivity index (χ1n) is 8.70. The maximum absolute atomic E-state index is 10.4. The van der Waals surface area contributed by atoms with Crippen LogP contribution in [0.2, 0.25) is 0 Å². The van der Waals surface area contributed by atoms with Crippen LogP contribution in [0.25, 0.3) is 0 Å². The lowest BCUT2D eigenvalue weighted by Gasteiger charge is -2.13. The number of aryl methyl sites for hydroxylation is 1. The lowest BCUT2D eigenvalue weighted by molar-refractivity contribution is -0.137. The molecule has 3 N–H and O–H groups in total. The summed E-state index contributed by atoms with van der Waals surface area (Å²) in [6.45, 7) is 0. The normalized spacial score (nSPS) is 13.8. The Bertz CT molecular complexity index is 662. The largest absolute Gasteiger partial charge is 0.481 e. The minimum absolute atomic E-state index is 0.00935. The van der Waals surface area contributed by atoms with Crippen LogP contribution in [-0.4, -0.2) is 33.5 Å². The highest BCUT2D eigenvalue weighted by Crippen LogP contribution is 2.06. The average molecular weight is 354 g/mol. The molecule has 0 aliphatic rings. The summed E-state index contributed by atoms with van der Waals surface area (Å²) >= 11 is 0. The predicted molar refractivity (Wildman–Crippen MR) is 103 cm³/mol. The summed E-state index contributed by atoms with van der Waals surface area (Å²) in [5, 5.41) is 27.9. The number of aliphatic hydroxyl groups is 2. The van der Waals surface area contributed by atoms with Gasteiger partial charge < -0.3 is 15.3 Å². The molecule has 1 aromatic carbocycles. The fraction of sp³-hybridized carbons (Fsp3) is 0.318. The smallest absolute Gasteiger partial charge is 0.303 e. The van der Waals surface area contributed by atoms with E-state index in [0.29, 0.717) is 6.42 Å². The molecule has 0 heterocycles. The van der Waals surface area contributed by atoms with Crippen molar-refractivity contribution in [2.24, 2.45) is 0 Å².